The zero-order chi connectivity index (χ0) is 21.1. The summed E-state index contributed by atoms with van der Waals surface area (Å²) >= 11 is 0. The average Bonchev–Trinajstić information content (AvgIpc) is 3.09. The molecule has 6 heteroatoms. The van der Waals surface area contributed by atoms with Gasteiger partial charge in [-0.05, 0) is 74.5 Å². The first-order valence-corrected chi connectivity index (χ1v) is 11.1. The maximum Gasteiger partial charge on any atom is 0.227 e. The minimum atomic E-state index is -0.298. The predicted molar refractivity (Wildman–Crippen MR) is 114 cm³/mol. The molecular formula is C24H33FN2O3. The van der Waals surface area contributed by atoms with Gasteiger partial charge in [0.15, 0.2) is 0 Å². The van der Waals surface area contributed by atoms with Crippen molar-refractivity contribution in [3.63, 3.8) is 0 Å². The van der Waals surface area contributed by atoms with Crippen molar-refractivity contribution in [1.29, 1.82) is 0 Å². The second-order valence-electron chi connectivity index (χ2n) is 9.22. The summed E-state index contributed by atoms with van der Waals surface area (Å²) in [6, 6.07) is 8.22. The van der Waals surface area contributed by atoms with Crippen LogP contribution in [-0.4, -0.2) is 38.3 Å². The first-order chi connectivity index (χ1) is 14.6. The number of benzene rings is 1. The fraction of sp³-hybridized carbons (Fsp3) is 0.625. The number of ether oxygens (including phenoxy) is 2. The third-order valence-corrected chi connectivity index (χ3v) is 7.52. The molecule has 0 saturated heterocycles. The SMILES string of the molecule is COC1CC(NC(=O)[C@]23CC[C@H](CC[C@H]2c2ccc(OC/C(=C/F)CN)cc2)C3)C1. The smallest absolute Gasteiger partial charge is 0.227 e. The van der Waals surface area contributed by atoms with Crippen molar-refractivity contribution >= 4 is 5.91 Å². The van der Waals surface area contributed by atoms with Gasteiger partial charge in [-0.15, -0.1) is 0 Å². The molecule has 2 bridgehead atoms. The van der Waals surface area contributed by atoms with Gasteiger partial charge >= 0.3 is 0 Å². The van der Waals surface area contributed by atoms with Gasteiger partial charge in [-0.25, -0.2) is 4.39 Å². The molecule has 0 unspecified atom stereocenters. The molecule has 3 saturated carbocycles. The summed E-state index contributed by atoms with van der Waals surface area (Å²) in [4.78, 5) is 13.4. The lowest BCUT2D eigenvalue weighted by molar-refractivity contribution is -0.135. The molecular weight excluding hydrogens is 383 g/mol. The number of nitrogens with two attached hydrogens (primary N) is 1. The highest BCUT2D eigenvalue weighted by molar-refractivity contribution is 5.85. The first-order valence-electron chi connectivity index (χ1n) is 11.1. The molecule has 5 nitrogen and oxygen atoms in total. The Balaban J connectivity index is 1.45. The topological polar surface area (TPSA) is 73.6 Å². The Morgan fingerprint density at radius 1 is 1.27 bits per heavy atom. The quantitative estimate of drug-likeness (QED) is 0.675. The van der Waals surface area contributed by atoms with Crippen LogP contribution in [0.1, 0.15) is 56.4 Å². The van der Waals surface area contributed by atoms with E-state index in [0.29, 0.717) is 23.6 Å². The molecule has 0 spiro atoms. The third kappa shape index (κ3) is 4.12. The van der Waals surface area contributed by atoms with E-state index in [0.717, 1.165) is 38.5 Å². The molecule has 1 aromatic rings. The highest BCUT2D eigenvalue weighted by Gasteiger charge is 2.54. The summed E-state index contributed by atoms with van der Waals surface area (Å²) in [6.45, 7) is 0.287. The normalized spacial score (nSPS) is 33.1. The third-order valence-electron chi connectivity index (χ3n) is 7.52. The summed E-state index contributed by atoms with van der Waals surface area (Å²) in [6.07, 6.45) is 7.95. The Labute approximate surface area is 178 Å². The standard InChI is InChI=1S/C24H33FN2O3/c1-29-21-10-19(11-21)27-23(28)24-9-8-16(12-24)2-7-22(24)18-3-5-20(6-4-18)30-15-17(13-25)14-26/h3-6,13,16,19,21-22H,2,7-12,14-15,26H2,1H3,(H,27,28)/b17-13+/t16-,19?,21?,22-,24-/m0/s1. The summed E-state index contributed by atoms with van der Waals surface area (Å²) in [5.41, 5.74) is 6.80. The molecule has 1 amide bonds. The van der Waals surface area contributed by atoms with Gasteiger partial charge < -0.3 is 20.5 Å². The number of hydrogen-bond acceptors (Lipinski definition) is 4. The zero-order valence-electron chi connectivity index (χ0n) is 17.7. The number of fused-ring (bicyclic) bond motifs is 2. The summed E-state index contributed by atoms with van der Waals surface area (Å²) in [5.74, 6) is 1.82. The van der Waals surface area contributed by atoms with Gasteiger partial charge in [-0.1, -0.05) is 12.1 Å². The number of amides is 1. The molecule has 0 aromatic heterocycles. The molecule has 1 aromatic carbocycles. The molecule has 0 aliphatic heterocycles. The Hall–Kier alpha value is -1.92. The summed E-state index contributed by atoms with van der Waals surface area (Å²) in [7, 11) is 1.73. The zero-order valence-corrected chi connectivity index (χ0v) is 17.7. The Morgan fingerprint density at radius 3 is 2.70 bits per heavy atom. The van der Waals surface area contributed by atoms with E-state index in [2.05, 4.69) is 17.4 Å². The van der Waals surface area contributed by atoms with Crippen LogP contribution in [0.3, 0.4) is 0 Å². The fourth-order valence-electron chi connectivity index (χ4n) is 5.59. The van der Waals surface area contributed by atoms with E-state index in [1.165, 1.54) is 12.0 Å². The van der Waals surface area contributed by atoms with E-state index in [9.17, 15) is 9.18 Å². The van der Waals surface area contributed by atoms with Crippen LogP contribution in [0.5, 0.6) is 5.75 Å². The van der Waals surface area contributed by atoms with Gasteiger partial charge in [0.25, 0.3) is 0 Å². The van der Waals surface area contributed by atoms with Crippen LogP contribution in [-0.2, 0) is 9.53 Å². The second-order valence-corrected chi connectivity index (χ2v) is 9.22. The van der Waals surface area contributed by atoms with Crippen LogP contribution < -0.4 is 15.8 Å². The van der Waals surface area contributed by atoms with E-state index in [1.807, 2.05) is 12.1 Å². The minimum Gasteiger partial charge on any atom is -0.489 e. The van der Waals surface area contributed by atoms with E-state index in [1.54, 1.807) is 7.11 Å². The molecule has 4 rings (SSSR count). The maximum atomic E-state index is 13.4. The molecule has 30 heavy (non-hydrogen) atoms. The van der Waals surface area contributed by atoms with Crippen molar-refractivity contribution < 1.29 is 18.7 Å². The molecule has 3 fully saturated rings. The van der Waals surface area contributed by atoms with Gasteiger partial charge in [0.05, 0.1) is 17.8 Å². The molecule has 3 N–H and O–H groups in total. The molecule has 3 aliphatic carbocycles. The number of hydrogen-bond donors (Lipinski definition) is 2. The molecule has 0 radical (unpaired) electrons. The Bertz CT molecular complexity index is 775. The van der Waals surface area contributed by atoms with Crippen LogP contribution in [0.2, 0.25) is 0 Å². The van der Waals surface area contributed by atoms with E-state index in [-0.39, 0.29) is 42.5 Å². The maximum absolute atomic E-state index is 13.4. The van der Waals surface area contributed by atoms with Crippen LogP contribution >= 0.6 is 0 Å². The highest BCUT2D eigenvalue weighted by atomic mass is 19.1. The number of carbonyl (C=O) groups excluding carboxylic acids is 1. The van der Waals surface area contributed by atoms with Gasteiger partial charge in [0, 0.05) is 25.3 Å². The Morgan fingerprint density at radius 2 is 2.03 bits per heavy atom. The minimum absolute atomic E-state index is 0.140. The lowest BCUT2D eigenvalue weighted by Gasteiger charge is -2.43. The van der Waals surface area contributed by atoms with E-state index < -0.39 is 0 Å². The molecule has 164 valence electrons. The molecule has 3 atom stereocenters. The lowest BCUT2D eigenvalue weighted by Crippen LogP contribution is -2.53. The van der Waals surface area contributed by atoms with Gasteiger partial charge in [0.2, 0.25) is 5.91 Å². The second kappa shape index (κ2) is 9.06. The van der Waals surface area contributed by atoms with Gasteiger partial charge in [0.1, 0.15) is 12.4 Å². The summed E-state index contributed by atoms with van der Waals surface area (Å²) < 4.78 is 23.7. The van der Waals surface area contributed by atoms with Crippen molar-refractivity contribution in [3.05, 3.63) is 41.7 Å². The van der Waals surface area contributed by atoms with Crippen LogP contribution in [0.4, 0.5) is 4.39 Å². The number of nitrogens with one attached hydrogen (secondary N) is 1. The van der Waals surface area contributed by atoms with Crippen molar-refractivity contribution in [3.8, 4) is 5.75 Å². The molecule has 0 heterocycles. The van der Waals surface area contributed by atoms with Crippen molar-refractivity contribution in [1.82, 2.24) is 5.32 Å². The van der Waals surface area contributed by atoms with Crippen LogP contribution in [0, 0.1) is 11.3 Å². The number of methoxy groups -OCH3 is 1. The lowest BCUT2D eigenvalue weighted by atomic mass is 9.64. The average molecular weight is 417 g/mol. The number of rotatable bonds is 8. The van der Waals surface area contributed by atoms with Crippen molar-refractivity contribution in [2.45, 2.75) is 63.0 Å². The largest absolute Gasteiger partial charge is 0.489 e. The number of halogens is 1. The van der Waals surface area contributed by atoms with Crippen LogP contribution in [0.25, 0.3) is 0 Å². The van der Waals surface area contributed by atoms with Gasteiger partial charge in [-0.2, -0.15) is 0 Å². The van der Waals surface area contributed by atoms with Crippen LogP contribution in [0.15, 0.2) is 36.2 Å². The predicted octanol–water partition coefficient (Wildman–Crippen LogP) is 3.84. The van der Waals surface area contributed by atoms with Crippen molar-refractivity contribution in [2.24, 2.45) is 17.1 Å². The first kappa shape index (κ1) is 21.3. The fourth-order valence-corrected chi connectivity index (χ4v) is 5.59. The number of carbonyl (C=O) groups is 1. The molecule has 3 aliphatic rings. The Kier molecular flexibility index (Phi) is 6.44. The van der Waals surface area contributed by atoms with Crippen molar-refractivity contribution in [2.75, 3.05) is 20.3 Å². The van der Waals surface area contributed by atoms with Gasteiger partial charge in [-0.3, -0.25) is 4.79 Å². The summed E-state index contributed by atoms with van der Waals surface area (Å²) in [5, 5.41) is 3.33. The van der Waals surface area contributed by atoms with E-state index >= 15 is 0 Å². The van der Waals surface area contributed by atoms with E-state index in [4.69, 9.17) is 15.2 Å². The highest BCUT2D eigenvalue weighted by Crippen LogP contribution is 2.58. The monoisotopic (exact) mass is 416 g/mol.